The first kappa shape index (κ1) is 15.7. The van der Waals surface area contributed by atoms with Crippen LogP contribution in [0.15, 0.2) is 52.3 Å². The van der Waals surface area contributed by atoms with Gasteiger partial charge in [0.05, 0.1) is 22.4 Å². The number of hydrogen-bond donors (Lipinski definition) is 1. The number of nitrogens with one attached hydrogen (secondary N) is 1. The summed E-state index contributed by atoms with van der Waals surface area (Å²) in [6.45, 7) is 0. The number of aryl methyl sites for hydroxylation is 2. The van der Waals surface area contributed by atoms with E-state index in [0.29, 0.717) is 16.9 Å². The van der Waals surface area contributed by atoms with Crippen molar-refractivity contribution in [2.45, 2.75) is 25.7 Å². The van der Waals surface area contributed by atoms with E-state index in [1.807, 2.05) is 18.2 Å². The zero-order valence-electron chi connectivity index (χ0n) is 14.4. The van der Waals surface area contributed by atoms with E-state index >= 15 is 0 Å². The van der Waals surface area contributed by atoms with Gasteiger partial charge in [-0.05, 0) is 71.5 Å². The molecule has 2 aromatic heterocycles. The second-order valence-electron chi connectivity index (χ2n) is 6.67. The molecule has 27 heavy (non-hydrogen) atoms. The fourth-order valence-electron chi connectivity index (χ4n) is 3.83. The number of benzene rings is 2. The molecular weight excluding hydrogens is 344 g/mol. The van der Waals surface area contributed by atoms with Crippen LogP contribution < -0.4 is 11.1 Å². The normalized spacial score (nSPS) is 13.6. The summed E-state index contributed by atoms with van der Waals surface area (Å²) in [5.41, 5.74) is 3.93. The van der Waals surface area contributed by atoms with Crippen molar-refractivity contribution in [3.05, 3.63) is 74.6 Å². The van der Waals surface area contributed by atoms with Gasteiger partial charge >= 0.3 is 11.1 Å². The standard InChI is InChI=1S/C19H16N6O2/c26-18-19(27)25(14-6-3-5-13(10-14)24-11-20-22-23-24)16-9-8-12-4-1-2-7-15(12)17(16)21-18/h3,5-6,8-11H,1-2,4,7H2,(H,21,26). The van der Waals surface area contributed by atoms with Crippen molar-refractivity contribution < 1.29 is 0 Å². The lowest BCUT2D eigenvalue weighted by molar-refractivity contribution is 0.688. The minimum absolute atomic E-state index is 0.597. The van der Waals surface area contributed by atoms with Gasteiger partial charge in [-0.2, -0.15) is 0 Å². The van der Waals surface area contributed by atoms with Crippen LogP contribution in [0.1, 0.15) is 24.0 Å². The van der Waals surface area contributed by atoms with E-state index in [2.05, 4.69) is 26.6 Å². The smallest absolute Gasteiger partial charge is 0.316 e. The van der Waals surface area contributed by atoms with E-state index in [9.17, 15) is 9.59 Å². The highest BCUT2D eigenvalue weighted by molar-refractivity contribution is 5.81. The molecule has 0 spiro atoms. The van der Waals surface area contributed by atoms with Gasteiger partial charge < -0.3 is 4.98 Å². The average Bonchev–Trinajstić information content (AvgIpc) is 3.24. The third kappa shape index (κ3) is 2.49. The molecule has 0 amide bonds. The summed E-state index contributed by atoms with van der Waals surface area (Å²) in [6.07, 6.45) is 5.62. The lowest BCUT2D eigenvalue weighted by Gasteiger charge is -2.19. The van der Waals surface area contributed by atoms with Crippen molar-refractivity contribution in [2.24, 2.45) is 0 Å². The lowest BCUT2D eigenvalue weighted by atomic mass is 9.90. The van der Waals surface area contributed by atoms with Gasteiger partial charge in [-0.25, -0.2) is 4.68 Å². The highest BCUT2D eigenvalue weighted by atomic mass is 16.2. The second kappa shape index (κ2) is 6.01. The number of aromatic nitrogens is 6. The Morgan fingerprint density at radius 1 is 1.00 bits per heavy atom. The Balaban J connectivity index is 1.81. The Bertz CT molecular complexity index is 1270. The molecule has 0 atom stereocenters. The number of nitrogens with zero attached hydrogens (tertiary/aromatic N) is 5. The van der Waals surface area contributed by atoms with E-state index in [1.165, 1.54) is 21.1 Å². The SMILES string of the molecule is O=c1[nH]c2c3c(ccc2n(-c2cccc(-n4cnnn4)c2)c1=O)CCCC3. The van der Waals surface area contributed by atoms with Crippen LogP contribution in [-0.2, 0) is 12.8 Å². The minimum atomic E-state index is -0.616. The molecule has 2 heterocycles. The summed E-state index contributed by atoms with van der Waals surface area (Å²) in [4.78, 5) is 27.9. The zero-order valence-corrected chi connectivity index (χ0v) is 14.4. The highest BCUT2D eigenvalue weighted by Crippen LogP contribution is 2.27. The summed E-state index contributed by atoms with van der Waals surface area (Å²) < 4.78 is 2.97. The fourth-order valence-corrected chi connectivity index (χ4v) is 3.83. The number of rotatable bonds is 2. The van der Waals surface area contributed by atoms with Gasteiger partial charge in [-0.3, -0.25) is 14.2 Å². The van der Waals surface area contributed by atoms with Crippen LogP contribution in [0.3, 0.4) is 0 Å². The van der Waals surface area contributed by atoms with Crippen LogP contribution in [0.4, 0.5) is 0 Å². The molecule has 1 aliphatic rings. The third-order valence-electron chi connectivity index (χ3n) is 5.09. The maximum atomic E-state index is 12.7. The van der Waals surface area contributed by atoms with Crippen molar-refractivity contribution in [1.82, 2.24) is 29.8 Å². The minimum Gasteiger partial charge on any atom is -0.316 e. The number of aromatic amines is 1. The second-order valence-corrected chi connectivity index (χ2v) is 6.67. The van der Waals surface area contributed by atoms with Gasteiger partial charge in [-0.1, -0.05) is 12.1 Å². The molecule has 134 valence electrons. The maximum Gasteiger partial charge on any atom is 0.321 e. The van der Waals surface area contributed by atoms with E-state index in [0.717, 1.165) is 36.8 Å². The summed E-state index contributed by atoms with van der Waals surface area (Å²) in [5.74, 6) is 0. The Hall–Kier alpha value is -3.55. The molecule has 2 aromatic carbocycles. The predicted octanol–water partition coefficient (Wildman–Crippen LogP) is 1.53. The van der Waals surface area contributed by atoms with Crippen molar-refractivity contribution in [3.63, 3.8) is 0 Å². The first-order valence-electron chi connectivity index (χ1n) is 8.86. The van der Waals surface area contributed by atoms with Crippen LogP contribution in [0.25, 0.3) is 22.4 Å². The van der Waals surface area contributed by atoms with E-state index in [4.69, 9.17) is 0 Å². The monoisotopic (exact) mass is 360 g/mol. The number of tetrazole rings is 1. The van der Waals surface area contributed by atoms with Crippen LogP contribution >= 0.6 is 0 Å². The van der Waals surface area contributed by atoms with Crippen LogP contribution in [0.2, 0.25) is 0 Å². The van der Waals surface area contributed by atoms with Crippen LogP contribution in [0, 0.1) is 0 Å². The topological polar surface area (TPSA) is 98.5 Å². The lowest BCUT2D eigenvalue weighted by Crippen LogP contribution is -2.36. The molecule has 8 nitrogen and oxygen atoms in total. The van der Waals surface area contributed by atoms with Crippen LogP contribution in [-0.4, -0.2) is 29.8 Å². The average molecular weight is 360 g/mol. The first-order valence-corrected chi connectivity index (χ1v) is 8.86. The summed E-state index contributed by atoms with van der Waals surface area (Å²) in [7, 11) is 0. The Kier molecular flexibility index (Phi) is 3.49. The molecule has 8 heteroatoms. The molecule has 5 rings (SSSR count). The largest absolute Gasteiger partial charge is 0.321 e. The fraction of sp³-hybridized carbons (Fsp3) is 0.211. The Morgan fingerprint density at radius 3 is 2.70 bits per heavy atom. The molecule has 4 aromatic rings. The summed E-state index contributed by atoms with van der Waals surface area (Å²) in [5, 5.41) is 11.2. The molecule has 1 aliphatic carbocycles. The van der Waals surface area contributed by atoms with Gasteiger partial charge in [0.15, 0.2) is 0 Å². The molecular formula is C19H16N6O2. The molecule has 0 radical (unpaired) electrons. The van der Waals surface area contributed by atoms with E-state index in [1.54, 1.807) is 12.1 Å². The zero-order chi connectivity index (χ0) is 18.4. The van der Waals surface area contributed by atoms with Crippen molar-refractivity contribution in [3.8, 4) is 11.4 Å². The Labute approximate surface area is 153 Å². The number of fused-ring (bicyclic) bond motifs is 3. The maximum absolute atomic E-state index is 12.7. The summed E-state index contributed by atoms with van der Waals surface area (Å²) >= 11 is 0. The summed E-state index contributed by atoms with van der Waals surface area (Å²) in [6, 6.07) is 11.2. The van der Waals surface area contributed by atoms with Gasteiger partial charge in [0.1, 0.15) is 6.33 Å². The predicted molar refractivity (Wildman–Crippen MR) is 99.5 cm³/mol. The number of hydrogen-bond acceptors (Lipinski definition) is 5. The van der Waals surface area contributed by atoms with Gasteiger partial charge in [-0.15, -0.1) is 5.10 Å². The molecule has 0 unspecified atom stereocenters. The third-order valence-corrected chi connectivity index (χ3v) is 5.09. The van der Waals surface area contributed by atoms with Crippen molar-refractivity contribution in [1.29, 1.82) is 0 Å². The molecule has 0 aliphatic heterocycles. The first-order chi connectivity index (χ1) is 13.2. The molecule has 0 bridgehead atoms. The van der Waals surface area contributed by atoms with Gasteiger partial charge in [0.25, 0.3) is 0 Å². The van der Waals surface area contributed by atoms with Gasteiger partial charge in [0.2, 0.25) is 0 Å². The van der Waals surface area contributed by atoms with E-state index in [-0.39, 0.29) is 0 Å². The van der Waals surface area contributed by atoms with Crippen LogP contribution in [0.5, 0.6) is 0 Å². The van der Waals surface area contributed by atoms with Crippen molar-refractivity contribution in [2.75, 3.05) is 0 Å². The van der Waals surface area contributed by atoms with E-state index < -0.39 is 11.1 Å². The Morgan fingerprint density at radius 2 is 1.85 bits per heavy atom. The number of H-pyrrole nitrogens is 1. The van der Waals surface area contributed by atoms with Crippen molar-refractivity contribution >= 4 is 11.0 Å². The molecule has 0 saturated heterocycles. The molecule has 0 saturated carbocycles. The quantitative estimate of drug-likeness (QED) is 0.547. The highest BCUT2D eigenvalue weighted by Gasteiger charge is 2.17. The van der Waals surface area contributed by atoms with Gasteiger partial charge in [0, 0.05) is 0 Å². The molecule has 1 N–H and O–H groups in total. The molecule has 0 fully saturated rings.